The summed E-state index contributed by atoms with van der Waals surface area (Å²) in [4.78, 5) is 101. The van der Waals surface area contributed by atoms with Crippen molar-refractivity contribution in [2.75, 3.05) is 34.4 Å². The molecule has 1 saturated carbocycles. The van der Waals surface area contributed by atoms with Crippen LogP contribution >= 0.6 is 0 Å². The highest BCUT2D eigenvalue weighted by Crippen LogP contribution is 2.43. The van der Waals surface area contributed by atoms with Crippen LogP contribution in [-0.4, -0.2) is 138 Å². The Kier molecular flexibility index (Phi) is 18.9. The van der Waals surface area contributed by atoms with Crippen LogP contribution in [0.25, 0.3) is 0 Å². The summed E-state index contributed by atoms with van der Waals surface area (Å²) in [5.41, 5.74) is 1.19. The zero-order valence-electron chi connectivity index (χ0n) is 40.5. The van der Waals surface area contributed by atoms with Gasteiger partial charge in [-0.2, -0.15) is 0 Å². The van der Waals surface area contributed by atoms with Crippen molar-refractivity contribution in [1.29, 1.82) is 0 Å². The van der Waals surface area contributed by atoms with Crippen LogP contribution in [-0.2, 0) is 49.5 Å². The van der Waals surface area contributed by atoms with Gasteiger partial charge in [-0.3, -0.25) is 38.5 Å². The first-order valence-electron chi connectivity index (χ1n) is 24.4. The molecule has 1 aromatic carbocycles. The number of unbranched alkanes of at least 4 members (excludes halogenated alkanes) is 2. The van der Waals surface area contributed by atoms with Crippen molar-refractivity contribution in [1.82, 2.24) is 24.9 Å². The van der Waals surface area contributed by atoms with E-state index in [0.29, 0.717) is 45.2 Å². The lowest BCUT2D eigenvalue weighted by Gasteiger charge is -2.41. The smallest absolute Gasteiger partial charge is 0.253 e. The highest BCUT2D eigenvalue weighted by molar-refractivity contribution is 6.12. The predicted octanol–water partition coefficient (Wildman–Crippen LogP) is 5.75. The zero-order valence-corrected chi connectivity index (χ0v) is 40.5. The topological polar surface area (TPSA) is 163 Å². The Morgan fingerprint density at radius 2 is 1.55 bits per heavy atom. The number of fused-ring (bicyclic) bond motifs is 2. The maximum absolute atomic E-state index is 14.7. The number of ether oxygens (including phenoxy) is 2. The number of imide groups is 1. The number of likely N-dealkylation sites (N-methyl/N-ethyl adjacent to an activating group) is 1. The summed E-state index contributed by atoms with van der Waals surface area (Å²) in [6, 6.07) is 7.82. The molecule has 2 bridgehead atoms. The average Bonchev–Trinajstić information content (AvgIpc) is 4.11. The minimum absolute atomic E-state index is 0.0115. The molecule has 5 rings (SSSR count). The normalized spacial score (nSPS) is 23.7. The molecule has 6 amide bonds. The van der Waals surface area contributed by atoms with E-state index >= 15 is 0 Å². The van der Waals surface area contributed by atoms with Crippen molar-refractivity contribution in [3.05, 3.63) is 48.0 Å². The third-order valence-corrected chi connectivity index (χ3v) is 14.9. The maximum atomic E-state index is 14.7. The van der Waals surface area contributed by atoms with E-state index in [1.165, 1.54) is 22.6 Å². The van der Waals surface area contributed by atoms with Crippen molar-refractivity contribution in [3.63, 3.8) is 0 Å². The van der Waals surface area contributed by atoms with Gasteiger partial charge in [0.2, 0.25) is 23.6 Å². The van der Waals surface area contributed by atoms with Crippen LogP contribution < -0.4 is 5.32 Å². The highest BCUT2D eigenvalue weighted by atomic mass is 16.5. The van der Waals surface area contributed by atoms with Crippen LogP contribution in [0.4, 0.5) is 0 Å². The van der Waals surface area contributed by atoms with E-state index in [9.17, 15) is 33.6 Å². The summed E-state index contributed by atoms with van der Waals surface area (Å²) >= 11 is 0. The number of nitrogens with one attached hydrogen (secondary N) is 1. The molecule has 1 N–H and O–H groups in total. The summed E-state index contributed by atoms with van der Waals surface area (Å²) in [5.74, 6) is -1.90. The highest BCUT2D eigenvalue weighted by Gasteiger charge is 2.52. The van der Waals surface area contributed by atoms with Gasteiger partial charge in [0, 0.05) is 71.3 Å². The molecule has 1 aliphatic carbocycles. The lowest BCUT2D eigenvalue weighted by atomic mass is 9.86. The lowest BCUT2D eigenvalue weighted by molar-refractivity contribution is -0.149. The second-order valence-electron chi connectivity index (χ2n) is 19.7. The molecule has 0 spiro atoms. The molecule has 0 radical (unpaired) electrons. The van der Waals surface area contributed by atoms with Crippen molar-refractivity contribution in [2.24, 2.45) is 29.6 Å². The number of likely N-dealkylation sites (tertiary alicyclic amines) is 2. The minimum atomic E-state index is -0.881. The number of hydrogen-bond donors (Lipinski definition) is 1. The van der Waals surface area contributed by atoms with E-state index in [1.807, 2.05) is 57.7 Å². The van der Waals surface area contributed by atoms with E-state index in [-0.39, 0.29) is 89.8 Å². The van der Waals surface area contributed by atoms with Crippen molar-refractivity contribution >= 4 is 41.2 Å². The van der Waals surface area contributed by atoms with Gasteiger partial charge in [0.15, 0.2) is 0 Å². The van der Waals surface area contributed by atoms with E-state index < -0.39 is 36.3 Å². The predicted molar refractivity (Wildman–Crippen MR) is 248 cm³/mol. The molecule has 14 nitrogen and oxygen atoms in total. The number of rotatable bonds is 25. The first-order valence-corrected chi connectivity index (χ1v) is 24.4. The van der Waals surface area contributed by atoms with Gasteiger partial charge >= 0.3 is 0 Å². The second kappa shape index (κ2) is 23.8. The molecule has 14 heteroatoms. The van der Waals surface area contributed by atoms with Gasteiger partial charge in [-0.05, 0) is 80.6 Å². The molecule has 1 aromatic rings. The van der Waals surface area contributed by atoms with E-state index in [1.54, 1.807) is 31.1 Å². The molecule has 11 atom stereocenters. The quantitative estimate of drug-likeness (QED) is 0.0952. The third-order valence-electron chi connectivity index (χ3n) is 14.9. The number of carbonyl (C=O) groups is 7. The summed E-state index contributed by atoms with van der Waals surface area (Å²) < 4.78 is 12.1. The van der Waals surface area contributed by atoms with Crippen molar-refractivity contribution in [3.8, 4) is 0 Å². The third kappa shape index (κ3) is 12.5. The number of piperidine rings is 1. The van der Waals surface area contributed by atoms with Gasteiger partial charge < -0.3 is 29.5 Å². The SMILES string of the molecule is CC[C@H](C)[C@@H]([C@@H](CC(=O)N1CCC[C@H]1[C@H](OC)[C@@H](C)C(=O)C[C@H](C)Cc1ccccc1)OC)N(C)C(=O)[C@@H](NC(=O)[C@@H]1[C@H]2CC[C@@H](C2)N1C(=O)CCCCCN1C(=O)C=CC1=O)C(C)C. The molecule has 0 unspecified atom stereocenters. The van der Waals surface area contributed by atoms with Crippen molar-refractivity contribution in [2.45, 2.75) is 167 Å². The number of carbonyl (C=O) groups excluding carboxylic acids is 7. The molecule has 3 fully saturated rings. The Labute approximate surface area is 387 Å². The first kappa shape index (κ1) is 51.6. The fourth-order valence-electron chi connectivity index (χ4n) is 11.1. The van der Waals surface area contributed by atoms with Gasteiger partial charge in [0.25, 0.3) is 11.8 Å². The fraction of sp³-hybridized carbons (Fsp3) is 0.706. The van der Waals surface area contributed by atoms with E-state index in [2.05, 4.69) is 24.4 Å². The van der Waals surface area contributed by atoms with Crippen LogP contribution in [0.5, 0.6) is 0 Å². The summed E-state index contributed by atoms with van der Waals surface area (Å²) in [5, 5.41) is 3.09. The second-order valence-corrected chi connectivity index (χ2v) is 19.7. The number of Topliss-reactive ketones (excluding diaryl/α,β-unsaturated/α-hetero) is 1. The number of amides is 6. The zero-order chi connectivity index (χ0) is 47.5. The molecule has 3 heterocycles. The number of methoxy groups -OCH3 is 2. The molecule has 4 aliphatic rings. The van der Waals surface area contributed by atoms with Crippen LogP contribution in [0.15, 0.2) is 42.5 Å². The van der Waals surface area contributed by atoms with Crippen molar-refractivity contribution < 1.29 is 43.0 Å². The number of benzene rings is 1. The lowest BCUT2D eigenvalue weighted by Crippen LogP contribution is -2.60. The number of nitrogens with zero attached hydrogens (tertiary/aromatic N) is 4. The molecule has 3 aliphatic heterocycles. The van der Waals surface area contributed by atoms with Crippen LogP contribution in [0.2, 0.25) is 0 Å². The summed E-state index contributed by atoms with van der Waals surface area (Å²) in [6.45, 7) is 12.7. The molecule has 0 aromatic heterocycles. The Morgan fingerprint density at radius 3 is 2.18 bits per heavy atom. The van der Waals surface area contributed by atoms with Gasteiger partial charge in [0.1, 0.15) is 17.9 Å². The Balaban J connectivity index is 1.21. The van der Waals surface area contributed by atoms with E-state index in [4.69, 9.17) is 9.47 Å². The van der Waals surface area contributed by atoms with Gasteiger partial charge in [-0.15, -0.1) is 0 Å². The maximum Gasteiger partial charge on any atom is 0.253 e. The fourth-order valence-corrected chi connectivity index (χ4v) is 11.1. The number of hydrogen-bond acceptors (Lipinski definition) is 9. The molecule has 65 heavy (non-hydrogen) atoms. The summed E-state index contributed by atoms with van der Waals surface area (Å²) in [7, 11) is 4.91. The first-order chi connectivity index (χ1) is 31.0. The molecule has 360 valence electrons. The Bertz CT molecular complexity index is 1840. The van der Waals surface area contributed by atoms with Crippen LogP contribution in [0.3, 0.4) is 0 Å². The van der Waals surface area contributed by atoms with Gasteiger partial charge in [0.05, 0.1) is 30.7 Å². The van der Waals surface area contributed by atoms with E-state index in [0.717, 1.165) is 38.5 Å². The number of ketones is 1. The minimum Gasteiger partial charge on any atom is -0.379 e. The Morgan fingerprint density at radius 1 is 0.862 bits per heavy atom. The van der Waals surface area contributed by atoms with Gasteiger partial charge in [-0.25, -0.2) is 0 Å². The standard InChI is InChI=1S/C51H77N5O9/c1-10-34(5)47(41(64-8)31-45(61)54-27-17-20-39(54)49(65-9)35(6)40(57)29-33(4)28-36-18-13-11-14-19-36)53(7)51(63)46(32(2)3)52-50(62)48-37-22-23-38(30-37)56(48)44(60)21-15-12-16-26-55-42(58)24-25-43(55)59/h11,13-14,18-19,24-25,32-35,37-39,41,46-49H,10,12,15-17,20-23,26-31H2,1-9H3,(H,52,62)/t33-,34+,35+,37+,38+,39+,41-,46+,47+,48+,49-/m1/s1. The monoisotopic (exact) mass is 904 g/mol. The molecule has 2 saturated heterocycles. The van der Waals surface area contributed by atoms with Gasteiger partial charge in [-0.1, -0.05) is 84.7 Å². The molecular formula is C51H77N5O9. The van der Waals surface area contributed by atoms with Crippen LogP contribution in [0.1, 0.15) is 124 Å². The summed E-state index contributed by atoms with van der Waals surface area (Å²) in [6.07, 6.45) is 9.40. The largest absolute Gasteiger partial charge is 0.379 e. The average molecular weight is 904 g/mol. The van der Waals surface area contributed by atoms with Crippen LogP contribution in [0, 0.1) is 29.6 Å². The molecular weight excluding hydrogens is 827 g/mol. The Hall–Kier alpha value is -4.43.